The molecule has 0 heterocycles. The molecule has 19 heavy (non-hydrogen) atoms. The lowest BCUT2D eigenvalue weighted by atomic mass is 10.1. The van der Waals surface area contributed by atoms with Crippen molar-refractivity contribution < 1.29 is 9.18 Å². The van der Waals surface area contributed by atoms with Crippen LogP contribution >= 0.6 is 27.7 Å². The van der Waals surface area contributed by atoms with Gasteiger partial charge in [-0.25, -0.2) is 4.39 Å². The van der Waals surface area contributed by atoms with Gasteiger partial charge in [-0.1, -0.05) is 22.0 Å². The molecule has 0 N–H and O–H groups in total. The van der Waals surface area contributed by atoms with E-state index in [2.05, 4.69) is 15.9 Å². The Hall–Kier alpha value is -1.13. The minimum atomic E-state index is -0.373. The van der Waals surface area contributed by atoms with E-state index in [1.165, 1.54) is 23.9 Å². The molecular formula is C15H12BrFOS. The van der Waals surface area contributed by atoms with Crippen LogP contribution in [0.3, 0.4) is 0 Å². The van der Waals surface area contributed by atoms with Crippen molar-refractivity contribution in [3.63, 3.8) is 0 Å². The number of hydrogen-bond donors (Lipinski definition) is 0. The van der Waals surface area contributed by atoms with Crippen molar-refractivity contribution in [2.24, 2.45) is 0 Å². The highest BCUT2D eigenvalue weighted by molar-refractivity contribution is 9.10. The molecule has 0 bridgehead atoms. The normalized spacial score (nSPS) is 10.5. The van der Waals surface area contributed by atoms with Gasteiger partial charge in [0.1, 0.15) is 5.82 Å². The number of halogens is 2. The molecule has 2 rings (SSSR count). The quantitative estimate of drug-likeness (QED) is 0.584. The molecule has 0 aliphatic rings. The van der Waals surface area contributed by atoms with Gasteiger partial charge in [0.15, 0.2) is 5.78 Å². The predicted octanol–water partition coefficient (Wildman–Crippen LogP) is 4.87. The average molecular weight is 339 g/mol. The Morgan fingerprint density at radius 3 is 2.58 bits per heavy atom. The summed E-state index contributed by atoms with van der Waals surface area (Å²) in [5.41, 5.74) is 1.27. The number of hydrogen-bond acceptors (Lipinski definition) is 2. The van der Waals surface area contributed by atoms with Gasteiger partial charge in [-0.3, -0.25) is 4.79 Å². The van der Waals surface area contributed by atoms with Gasteiger partial charge >= 0.3 is 0 Å². The second-order valence-electron chi connectivity index (χ2n) is 4.13. The Bertz CT molecular complexity index is 596. The van der Waals surface area contributed by atoms with Gasteiger partial charge in [0.05, 0.1) is 5.75 Å². The molecule has 0 amide bonds. The molecule has 0 atom stereocenters. The molecule has 0 radical (unpaired) electrons. The summed E-state index contributed by atoms with van der Waals surface area (Å²) in [7, 11) is 0. The molecule has 0 spiro atoms. The first-order chi connectivity index (χ1) is 9.06. The molecule has 4 heteroatoms. The van der Waals surface area contributed by atoms with E-state index in [4.69, 9.17) is 0 Å². The fourth-order valence-corrected chi connectivity index (χ4v) is 2.70. The summed E-state index contributed by atoms with van der Waals surface area (Å²) in [6, 6.07) is 12.1. The summed E-state index contributed by atoms with van der Waals surface area (Å²) in [4.78, 5) is 13.1. The van der Waals surface area contributed by atoms with Crippen LogP contribution < -0.4 is 0 Å². The number of carbonyl (C=O) groups excluding carboxylic acids is 1. The van der Waals surface area contributed by atoms with E-state index < -0.39 is 0 Å². The van der Waals surface area contributed by atoms with Crippen LogP contribution in [0, 0.1) is 12.7 Å². The second-order valence-corrected chi connectivity index (χ2v) is 6.09. The standard InChI is InChI=1S/C15H12BrFOS/c1-10-2-5-12(17)8-14(10)15(18)9-19-13-6-3-11(16)4-7-13/h2-8H,9H2,1H3. The maximum absolute atomic E-state index is 13.2. The highest BCUT2D eigenvalue weighted by atomic mass is 79.9. The third kappa shape index (κ3) is 3.91. The molecule has 0 saturated carbocycles. The van der Waals surface area contributed by atoms with Crippen LogP contribution in [0.25, 0.3) is 0 Å². The fourth-order valence-electron chi connectivity index (χ4n) is 1.65. The lowest BCUT2D eigenvalue weighted by Gasteiger charge is -2.05. The molecule has 0 unspecified atom stereocenters. The van der Waals surface area contributed by atoms with Gasteiger partial charge < -0.3 is 0 Å². The molecule has 1 nitrogen and oxygen atoms in total. The highest BCUT2D eigenvalue weighted by Crippen LogP contribution is 2.22. The molecule has 0 aliphatic carbocycles. The largest absolute Gasteiger partial charge is 0.293 e. The van der Waals surface area contributed by atoms with Gasteiger partial charge in [0, 0.05) is 14.9 Å². The third-order valence-electron chi connectivity index (χ3n) is 2.68. The van der Waals surface area contributed by atoms with Crippen LogP contribution in [0.1, 0.15) is 15.9 Å². The number of benzene rings is 2. The number of rotatable bonds is 4. The van der Waals surface area contributed by atoms with Crippen LogP contribution in [-0.4, -0.2) is 11.5 Å². The molecule has 0 aromatic heterocycles. The van der Waals surface area contributed by atoms with E-state index >= 15 is 0 Å². The Balaban J connectivity index is 2.05. The molecule has 0 fully saturated rings. The number of ketones is 1. The van der Waals surface area contributed by atoms with E-state index in [9.17, 15) is 9.18 Å². The summed E-state index contributed by atoms with van der Waals surface area (Å²) in [6.07, 6.45) is 0. The predicted molar refractivity (Wildman–Crippen MR) is 80.3 cm³/mol. The smallest absolute Gasteiger partial charge is 0.173 e. The minimum Gasteiger partial charge on any atom is -0.293 e. The topological polar surface area (TPSA) is 17.1 Å². The number of Topliss-reactive ketones (excluding diaryl/α,β-unsaturated/α-hetero) is 1. The van der Waals surface area contributed by atoms with E-state index in [-0.39, 0.29) is 11.6 Å². The van der Waals surface area contributed by atoms with E-state index in [0.717, 1.165) is 14.9 Å². The van der Waals surface area contributed by atoms with Crippen LogP contribution in [0.5, 0.6) is 0 Å². The average Bonchev–Trinajstić information content (AvgIpc) is 2.40. The van der Waals surface area contributed by atoms with Crippen molar-refractivity contribution in [3.05, 3.63) is 63.9 Å². The zero-order valence-corrected chi connectivity index (χ0v) is 12.7. The zero-order chi connectivity index (χ0) is 13.8. The first kappa shape index (κ1) is 14.3. The van der Waals surface area contributed by atoms with Gasteiger partial charge in [-0.15, -0.1) is 11.8 Å². The maximum Gasteiger partial charge on any atom is 0.173 e. The van der Waals surface area contributed by atoms with Crippen molar-refractivity contribution in [3.8, 4) is 0 Å². The first-order valence-corrected chi connectivity index (χ1v) is 7.52. The summed E-state index contributed by atoms with van der Waals surface area (Å²) < 4.78 is 14.2. The van der Waals surface area contributed by atoms with Crippen molar-refractivity contribution in [1.82, 2.24) is 0 Å². The lowest BCUT2D eigenvalue weighted by molar-refractivity contribution is 0.102. The maximum atomic E-state index is 13.2. The summed E-state index contributed by atoms with van der Waals surface area (Å²) >= 11 is 4.82. The molecule has 0 saturated heterocycles. The fraction of sp³-hybridized carbons (Fsp3) is 0.133. The Morgan fingerprint density at radius 2 is 1.89 bits per heavy atom. The molecule has 2 aromatic rings. The van der Waals surface area contributed by atoms with Gasteiger partial charge in [-0.2, -0.15) is 0 Å². The van der Waals surface area contributed by atoms with Crippen LogP contribution in [0.2, 0.25) is 0 Å². The van der Waals surface area contributed by atoms with Crippen LogP contribution in [0.15, 0.2) is 51.8 Å². The van der Waals surface area contributed by atoms with Gasteiger partial charge in [0.25, 0.3) is 0 Å². The summed E-state index contributed by atoms with van der Waals surface area (Å²) in [5.74, 6) is -0.112. The van der Waals surface area contributed by atoms with Crippen molar-refractivity contribution >= 4 is 33.5 Å². The highest BCUT2D eigenvalue weighted by Gasteiger charge is 2.10. The molecule has 2 aromatic carbocycles. The second kappa shape index (κ2) is 6.35. The molecular weight excluding hydrogens is 327 g/mol. The van der Waals surface area contributed by atoms with E-state index in [1.54, 1.807) is 6.07 Å². The van der Waals surface area contributed by atoms with Crippen LogP contribution in [0.4, 0.5) is 4.39 Å². The number of aryl methyl sites for hydroxylation is 1. The van der Waals surface area contributed by atoms with Gasteiger partial charge in [0.2, 0.25) is 0 Å². The number of thioether (sulfide) groups is 1. The zero-order valence-electron chi connectivity index (χ0n) is 10.3. The summed E-state index contributed by atoms with van der Waals surface area (Å²) in [6.45, 7) is 1.82. The Morgan fingerprint density at radius 1 is 1.21 bits per heavy atom. The minimum absolute atomic E-state index is 0.0510. The van der Waals surface area contributed by atoms with Crippen molar-refractivity contribution in [2.75, 3.05) is 5.75 Å². The third-order valence-corrected chi connectivity index (χ3v) is 4.22. The summed E-state index contributed by atoms with van der Waals surface area (Å²) in [5, 5.41) is 0. The lowest BCUT2D eigenvalue weighted by Crippen LogP contribution is -2.05. The monoisotopic (exact) mass is 338 g/mol. The molecule has 0 aliphatic heterocycles. The number of carbonyl (C=O) groups is 1. The van der Waals surface area contributed by atoms with Crippen molar-refractivity contribution in [2.45, 2.75) is 11.8 Å². The Kier molecular flexibility index (Phi) is 4.77. The van der Waals surface area contributed by atoms with E-state index in [0.29, 0.717) is 11.3 Å². The Labute approximate surface area is 124 Å². The van der Waals surface area contributed by atoms with Crippen molar-refractivity contribution in [1.29, 1.82) is 0 Å². The van der Waals surface area contributed by atoms with Gasteiger partial charge in [-0.05, 0) is 48.9 Å². The van der Waals surface area contributed by atoms with Crippen LogP contribution in [-0.2, 0) is 0 Å². The molecule has 98 valence electrons. The SMILES string of the molecule is Cc1ccc(F)cc1C(=O)CSc1ccc(Br)cc1. The van der Waals surface area contributed by atoms with E-state index in [1.807, 2.05) is 31.2 Å². The first-order valence-electron chi connectivity index (χ1n) is 5.74.